The molecule has 0 saturated heterocycles. The van der Waals surface area contributed by atoms with Crippen molar-refractivity contribution in [3.05, 3.63) is 40.4 Å². The van der Waals surface area contributed by atoms with Gasteiger partial charge in [-0.1, -0.05) is 29.8 Å². The molecule has 7 heteroatoms. The molecule has 5 nitrogen and oxygen atoms in total. The molecule has 1 amide bonds. The Morgan fingerprint density at radius 2 is 2.00 bits per heavy atom. The molecule has 1 rings (SSSR count). The van der Waals surface area contributed by atoms with E-state index in [2.05, 4.69) is 17.2 Å². The molecule has 0 atom stereocenters. The number of carboxylic acid groups (broad SMARTS) is 1. The predicted molar refractivity (Wildman–Crippen MR) is 74.9 cm³/mol. The molecule has 0 bridgehead atoms. The Morgan fingerprint density at radius 3 is 2.58 bits per heavy atom. The van der Waals surface area contributed by atoms with Crippen LogP contribution in [0.3, 0.4) is 0 Å². The molecular formula is C12H12Cl2N2O3. The Bertz CT molecular complexity index is 518. The highest BCUT2D eigenvalue weighted by atomic mass is 35.5. The zero-order valence-electron chi connectivity index (χ0n) is 9.87. The van der Waals surface area contributed by atoms with Crippen LogP contribution in [0, 0.1) is 0 Å². The maximum atomic E-state index is 11.6. The minimum Gasteiger partial charge on any atom is -0.478 e. The molecule has 102 valence electrons. The highest BCUT2D eigenvalue weighted by Crippen LogP contribution is 2.22. The summed E-state index contributed by atoms with van der Waals surface area (Å²) >= 11 is 11.4. The van der Waals surface area contributed by atoms with Crippen molar-refractivity contribution in [2.45, 2.75) is 0 Å². The van der Waals surface area contributed by atoms with Crippen molar-refractivity contribution in [2.24, 2.45) is 0 Å². The molecule has 0 aliphatic heterocycles. The Balaban J connectivity index is 2.65. The van der Waals surface area contributed by atoms with Crippen LogP contribution in [0.5, 0.6) is 0 Å². The van der Waals surface area contributed by atoms with Gasteiger partial charge in [-0.2, -0.15) is 0 Å². The molecule has 0 aliphatic carbocycles. The fourth-order valence-corrected chi connectivity index (χ4v) is 1.52. The van der Waals surface area contributed by atoms with Crippen molar-refractivity contribution in [3.8, 4) is 0 Å². The second-order valence-electron chi connectivity index (χ2n) is 3.67. The summed E-state index contributed by atoms with van der Waals surface area (Å²) in [5.74, 6) is -1.45. The number of halogens is 2. The van der Waals surface area contributed by atoms with Crippen LogP contribution in [0.25, 0.3) is 0 Å². The third kappa shape index (κ3) is 5.30. The van der Waals surface area contributed by atoms with Crippen molar-refractivity contribution in [1.29, 1.82) is 0 Å². The number of amides is 1. The molecular weight excluding hydrogens is 291 g/mol. The van der Waals surface area contributed by atoms with Crippen LogP contribution in [0.4, 0.5) is 5.69 Å². The lowest BCUT2D eigenvalue weighted by molar-refractivity contribution is -0.115. The summed E-state index contributed by atoms with van der Waals surface area (Å²) in [5, 5.41) is 14.8. The lowest BCUT2D eigenvalue weighted by atomic mass is 10.2. The highest BCUT2D eigenvalue weighted by molar-refractivity contribution is 6.33. The molecule has 0 fully saturated rings. The van der Waals surface area contributed by atoms with E-state index in [1.165, 1.54) is 18.2 Å². The number of aromatic carboxylic acids is 1. The van der Waals surface area contributed by atoms with Crippen LogP contribution in [0.15, 0.2) is 29.8 Å². The summed E-state index contributed by atoms with van der Waals surface area (Å²) in [4.78, 5) is 22.4. The summed E-state index contributed by atoms with van der Waals surface area (Å²) in [7, 11) is 0. The van der Waals surface area contributed by atoms with Gasteiger partial charge < -0.3 is 15.7 Å². The first-order valence-corrected chi connectivity index (χ1v) is 6.02. The van der Waals surface area contributed by atoms with Crippen molar-refractivity contribution in [3.63, 3.8) is 0 Å². The second kappa shape index (κ2) is 7.13. The summed E-state index contributed by atoms with van der Waals surface area (Å²) in [6.07, 6.45) is 0. The van der Waals surface area contributed by atoms with E-state index in [4.69, 9.17) is 28.3 Å². The van der Waals surface area contributed by atoms with Crippen LogP contribution < -0.4 is 10.6 Å². The minimum atomic E-state index is -1.09. The van der Waals surface area contributed by atoms with Gasteiger partial charge in [0.25, 0.3) is 0 Å². The number of rotatable bonds is 6. The molecule has 0 spiro atoms. The van der Waals surface area contributed by atoms with Crippen LogP contribution in [0.2, 0.25) is 5.02 Å². The van der Waals surface area contributed by atoms with E-state index in [-0.39, 0.29) is 28.7 Å². The summed E-state index contributed by atoms with van der Waals surface area (Å²) in [6, 6.07) is 4.06. The van der Waals surface area contributed by atoms with Gasteiger partial charge in [-0.15, -0.1) is 0 Å². The molecule has 0 saturated carbocycles. The van der Waals surface area contributed by atoms with Gasteiger partial charge in [0.1, 0.15) is 0 Å². The lowest BCUT2D eigenvalue weighted by Gasteiger charge is -2.08. The van der Waals surface area contributed by atoms with Crippen LogP contribution in [0.1, 0.15) is 10.4 Å². The number of nitrogens with one attached hydrogen (secondary N) is 2. The first kappa shape index (κ1) is 15.5. The highest BCUT2D eigenvalue weighted by Gasteiger charge is 2.09. The van der Waals surface area contributed by atoms with Crippen molar-refractivity contribution >= 4 is 40.8 Å². The average molecular weight is 303 g/mol. The third-order valence-corrected chi connectivity index (χ3v) is 2.55. The number of carbonyl (C=O) groups excluding carboxylic acids is 1. The van der Waals surface area contributed by atoms with E-state index in [0.29, 0.717) is 11.6 Å². The quantitative estimate of drug-likeness (QED) is 0.753. The molecule has 0 heterocycles. The number of benzene rings is 1. The van der Waals surface area contributed by atoms with E-state index in [1.807, 2.05) is 0 Å². The van der Waals surface area contributed by atoms with Crippen molar-refractivity contribution in [2.75, 3.05) is 18.4 Å². The molecule has 0 radical (unpaired) electrons. The average Bonchev–Trinajstić information content (AvgIpc) is 2.31. The van der Waals surface area contributed by atoms with Crippen LogP contribution in [-0.4, -0.2) is 30.1 Å². The summed E-state index contributed by atoms with van der Waals surface area (Å²) in [6.45, 7) is 3.78. The molecule has 0 unspecified atom stereocenters. The monoisotopic (exact) mass is 302 g/mol. The smallest absolute Gasteiger partial charge is 0.335 e. The zero-order chi connectivity index (χ0) is 14.4. The third-order valence-electron chi connectivity index (χ3n) is 2.09. The normalized spacial score (nSPS) is 10.0. The van der Waals surface area contributed by atoms with Crippen molar-refractivity contribution < 1.29 is 14.7 Å². The lowest BCUT2D eigenvalue weighted by Crippen LogP contribution is -2.28. The molecule has 0 aliphatic rings. The molecule has 1 aromatic rings. The van der Waals surface area contributed by atoms with Gasteiger partial charge in [-0.3, -0.25) is 4.79 Å². The number of hydrogen-bond acceptors (Lipinski definition) is 3. The zero-order valence-corrected chi connectivity index (χ0v) is 11.4. The predicted octanol–water partition coefficient (Wildman–Crippen LogP) is 2.32. The fourth-order valence-electron chi connectivity index (χ4n) is 1.26. The largest absolute Gasteiger partial charge is 0.478 e. The molecule has 3 N–H and O–H groups in total. The molecule has 19 heavy (non-hydrogen) atoms. The van der Waals surface area contributed by atoms with Crippen molar-refractivity contribution in [1.82, 2.24) is 5.32 Å². The van der Waals surface area contributed by atoms with Gasteiger partial charge in [-0.05, 0) is 18.2 Å². The van der Waals surface area contributed by atoms with Gasteiger partial charge in [-0.25, -0.2) is 4.79 Å². The second-order valence-corrected chi connectivity index (χ2v) is 4.61. The molecule has 1 aromatic carbocycles. The van der Waals surface area contributed by atoms with Gasteiger partial charge in [0, 0.05) is 11.6 Å². The summed E-state index contributed by atoms with van der Waals surface area (Å²) in [5.41, 5.74) is 0.292. The maximum absolute atomic E-state index is 11.6. The minimum absolute atomic E-state index is 0.0133. The van der Waals surface area contributed by atoms with E-state index in [0.717, 1.165) is 0 Å². The van der Waals surface area contributed by atoms with E-state index in [9.17, 15) is 9.59 Å². The van der Waals surface area contributed by atoms with Gasteiger partial charge in [0.15, 0.2) is 0 Å². The Labute approximate surface area is 120 Å². The van der Waals surface area contributed by atoms with Crippen LogP contribution in [-0.2, 0) is 4.79 Å². The Hall–Kier alpha value is -1.56. The van der Waals surface area contributed by atoms with Gasteiger partial charge >= 0.3 is 5.97 Å². The number of carbonyl (C=O) groups is 2. The first-order valence-electron chi connectivity index (χ1n) is 5.27. The number of hydrogen-bond donors (Lipinski definition) is 3. The van der Waals surface area contributed by atoms with Gasteiger partial charge in [0.05, 0.1) is 22.8 Å². The van der Waals surface area contributed by atoms with E-state index >= 15 is 0 Å². The SMILES string of the molecule is C=C(Cl)CNCC(=O)Nc1cc(C(=O)O)ccc1Cl. The maximum Gasteiger partial charge on any atom is 0.335 e. The Kier molecular flexibility index (Phi) is 5.82. The van der Waals surface area contributed by atoms with Gasteiger partial charge in [0.2, 0.25) is 5.91 Å². The summed E-state index contributed by atoms with van der Waals surface area (Å²) < 4.78 is 0. The van der Waals surface area contributed by atoms with E-state index in [1.54, 1.807) is 0 Å². The number of anilines is 1. The number of carboxylic acids is 1. The Morgan fingerprint density at radius 1 is 1.32 bits per heavy atom. The first-order chi connectivity index (χ1) is 8.90. The fraction of sp³-hybridized carbons (Fsp3) is 0.167. The molecule has 0 aromatic heterocycles. The standard InChI is InChI=1S/C12H12Cl2N2O3/c1-7(13)5-15-6-11(17)16-10-4-8(12(18)19)2-3-9(10)14/h2-4,15H,1,5-6H2,(H,16,17)(H,18,19). The van der Waals surface area contributed by atoms with Crippen LogP contribution >= 0.6 is 23.2 Å². The topological polar surface area (TPSA) is 78.4 Å². The van der Waals surface area contributed by atoms with E-state index < -0.39 is 5.97 Å².